The lowest BCUT2D eigenvalue weighted by molar-refractivity contribution is -0.142. The van der Waals surface area contributed by atoms with Crippen LogP contribution in [-0.2, 0) is 19.8 Å². The molecule has 0 atom stereocenters. The fourth-order valence-electron chi connectivity index (χ4n) is 3.35. The van der Waals surface area contributed by atoms with E-state index >= 15 is 0 Å². The van der Waals surface area contributed by atoms with Crippen LogP contribution in [-0.4, -0.2) is 49.3 Å². The molecule has 34 heavy (non-hydrogen) atoms. The van der Waals surface area contributed by atoms with Gasteiger partial charge in [-0.2, -0.15) is 23.4 Å². The molecule has 3 aromatic heterocycles. The van der Waals surface area contributed by atoms with E-state index in [-0.39, 0.29) is 28.6 Å². The second kappa shape index (κ2) is 8.80. The van der Waals surface area contributed by atoms with Gasteiger partial charge >= 0.3 is 6.18 Å². The Morgan fingerprint density at radius 3 is 2.59 bits per heavy atom. The van der Waals surface area contributed by atoms with Crippen molar-refractivity contribution in [1.29, 1.82) is 0 Å². The molecule has 13 heteroatoms. The number of nitrogens with zero attached hydrogens (tertiary/aromatic N) is 6. The highest BCUT2D eigenvalue weighted by Crippen LogP contribution is 2.35. The molecular weight excluding hydrogens is 496 g/mol. The number of aromatic nitrogens is 5. The van der Waals surface area contributed by atoms with Gasteiger partial charge in [-0.05, 0) is 18.2 Å². The molecule has 0 aliphatic carbocycles. The van der Waals surface area contributed by atoms with Gasteiger partial charge in [0, 0.05) is 19.7 Å². The Morgan fingerprint density at radius 1 is 1.24 bits per heavy atom. The number of hydrogen-bond acceptors (Lipinski definition) is 5. The highest BCUT2D eigenvalue weighted by atomic mass is 35.5. The highest BCUT2D eigenvalue weighted by Gasteiger charge is 2.37. The number of carbonyl (C=O) groups is 1. The van der Waals surface area contributed by atoms with Crippen molar-refractivity contribution >= 4 is 34.8 Å². The number of methoxy groups -OCH3 is 1. The maximum atomic E-state index is 13.9. The first kappa shape index (κ1) is 23.8. The zero-order valence-corrected chi connectivity index (χ0v) is 19.6. The van der Waals surface area contributed by atoms with Crippen LogP contribution in [0.4, 0.5) is 13.2 Å². The first-order chi connectivity index (χ1) is 16.0. The van der Waals surface area contributed by atoms with Gasteiger partial charge in [-0.25, -0.2) is 9.50 Å². The van der Waals surface area contributed by atoms with Crippen molar-refractivity contribution in [2.24, 2.45) is 7.05 Å². The standard InChI is InChI=1S/C21H17Cl2F3N6O2/c1-30(10-15-13(22)9-27-31(15)2)20(33)18-17(23)19-28-14(11-5-4-6-12(7-11)34-3)8-16(21(24,25)26)32(19)29-18/h4-9H,10H2,1-3H3. The van der Waals surface area contributed by atoms with Crippen LogP contribution < -0.4 is 4.74 Å². The number of carbonyl (C=O) groups excluding carboxylic acids is 1. The molecule has 0 fully saturated rings. The molecule has 0 spiro atoms. The number of benzene rings is 1. The third-order valence-electron chi connectivity index (χ3n) is 5.14. The van der Waals surface area contributed by atoms with Gasteiger partial charge in [0.1, 0.15) is 10.8 Å². The molecule has 3 heterocycles. The molecule has 4 aromatic rings. The van der Waals surface area contributed by atoms with Crippen LogP contribution in [0.3, 0.4) is 0 Å². The van der Waals surface area contributed by atoms with E-state index in [0.717, 1.165) is 6.07 Å². The Kier molecular flexibility index (Phi) is 6.17. The molecule has 0 saturated carbocycles. The maximum Gasteiger partial charge on any atom is 0.433 e. The van der Waals surface area contributed by atoms with Crippen molar-refractivity contribution < 1.29 is 22.7 Å². The Morgan fingerprint density at radius 2 is 1.97 bits per heavy atom. The summed E-state index contributed by atoms with van der Waals surface area (Å²) >= 11 is 12.4. The van der Waals surface area contributed by atoms with Crippen LogP contribution >= 0.6 is 23.2 Å². The summed E-state index contributed by atoms with van der Waals surface area (Å²) in [5.74, 6) is -0.262. The average Bonchev–Trinajstić information content (AvgIpc) is 3.31. The second-order valence-corrected chi connectivity index (χ2v) is 8.16. The maximum absolute atomic E-state index is 13.9. The summed E-state index contributed by atoms with van der Waals surface area (Å²) in [6, 6.07) is 7.25. The molecule has 0 unspecified atom stereocenters. The molecule has 0 bridgehead atoms. The molecule has 0 saturated heterocycles. The van der Waals surface area contributed by atoms with Gasteiger partial charge in [0.25, 0.3) is 5.91 Å². The van der Waals surface area contributed by atoms with Crippen LogP contribution in [0, 0.1) is 0 Å². The third-order valence-corrected chi connectivity index (χ3v) is 5.80. The lowest BCUT2D eigenvalue weighted by Gasteiger charge is -2.16. The number of aryl methyl sites for hydroxylation is 1. The van der Waals surface area contributed by atoms with Crippen LogP contribution in [0.1, 0.15) is 21.9 Å². The van der Waals surface area contributed by atoms with Gasteiger partial charge < -0.3 is 9.64 Å². The normalized spacial score (nSPS) is 11.8. The van der Waals surface area contributed by atoms with Crippen molar-refractivity contribution in [2.45, 2.75) is 12.7 Å². The van der Waals surface area contributed by atoms with Gasteiger partial charge in [-0.3, -0.25) is 9.48 Å². The monoisotopic (exact) mass is 512 g/mol. The lowest BCUT2D eigenvalue weighted by Crippen LogP contribution is -2.28. The molecule has 178 valence electrons. The molecular formula is C21H17Cl2F3N6O2. The molecule has 0 aliphatic rings. The van der Waals surface area contributed by atoms with E-state index in [9.17, 15) is 18.0 Å². The van der Waals surface area contributed by atoms with E-state index in [1.54, 1.807) is 31.3 Å². The summed E-state index contributed by atoms with van der Waals surface area (Å²) in [5, 5.41) is 7.91. The number of amides is 1. The third kappa shape index (κ3) is 4.28. The molecule has 1 aromatic carbocycles. The summed E-state index contributed by atoms with van der Waals surface area (Å²) < 4.78 is 48.9. The molecule has 0 aliphatic heterocycles. The van der Waals surface area contributed by atoms with E-state index in [2.05, 4.69) is 15.2 Å². The Hall–Kier alpha value is -3.31. The van der Waals surface area contributed by atoms with Gasteiger partial charge in [-0.1, -0.05) is 35.3 Å². The van der Waals surface area contributed by atoms with E-state index in [1.165, 1.54) is 29.9 Å². The number of halogens is 5. The highest BCUT2D eigenvalue weighted by molar-refractivity contribution is 6.36. The summed E-state index contributed by atoms with van der Waals surface area (Å²) in [7, 11) is 4.54. The predicted octanol–water partition coefficient (Wildman–Crippen LogP) is 4.74. The number of alkyl halides is 3. The van der Waals surface area contributed by atoms with Crippen molar-refractivity contribution in [3.8, 4) is 17.0 Å². The molecule has 1 amide bonds. The first-order valence-corrected chi connectivity index (χ1v) is 10.5. The van der Waals surface area contributed by atoms with E-state index in [0.29, 0.717) is 26.5 Å². The molecule has 0 N–H and O–H groups in total. The van der Waals surface area contributed by atoms with E-state index in [1.807, 2.05) is 0 Å². The summed E-state index contributed by atoms with van der Waals surface area (Å²) in [6.45, 7) is 0.0347. The fourth-order valence-corrected chi connectivity index (χ4v) is 3.82. The van der Waals surface area contributed by atoms with Gasteiger partial charge in [0.15, 0.2) is 17.0 Å². The van der Waals surface area contributed by atoms with E-state index < -0.39 is 17.8 Å². The van der Waals surface area contributed by atoms with Crippen LogP contribution in [0.25, 0.3) is 16.9 Å². The lowest BCUT2D eigenvalue weighted by atomic mass is 10.1. The quantitative estimate of drug-likeness (QED) is 0.386. The van der Waals surface area contributed by atoms with E-state index in [4.69, 9.17) is 27.9 Å². The molecule has 4 rings (SSSR count). The van der Waals surface area contributed by atoms with Crippen LogP contribution in [0.15, 0.2) is 36.5 Å². The topological polar surface area (TPSA) is 77.5 Å². The van der Waals surface area contributed by atoms with Crippen LogP contribution in [0.2, 0.25) is 10.0 Å². The molecule has 0 radical (unpaired) electrons. The van der Waals surface area contributed by atoms with Crippen molar-refractivity contribution in [2.75, 3.05) is 14.2 Å². The van der Waals surface area contributed by atoms with Gasteiger partial charge in [0.2, 0.25) is 0 Å². The minimum absolute atomic E-state index is 0.00505. The SMILES string of the molecule is COc1cccc(-c2cc(C(F)(F)F)n3nc(C(=O)N(C)Cc4c(Cl)cnn4C)c(Cl)c3n2)c1. The number of fused-ring (bicyclic) bond motifs is 1. The molecule has 8 nitrogen and oxygen atoms in total. The fraction of sp³-hybridized carbons (Fsp3) is 0.238. The Labute approximate surface area is 201 Å². The zero-order chi connectivity index (χ0) is 24.8. The van der Waals surface area contributed by atoms with Gasteiger partial charge in [0.05, 0.1) is 36.3 Å². The first-order valence-electron chi connectivity index (χ1n) is 9.74. The van der Waals surface area contributed by atoms with Gasteiger partial charge in [-0.15, -0.1) is 0 Å². The number of ether oxygens (including phenoxy) is 1. The minimum atomic E-state index is -4.79. The minimum Gasteiger partial charge on any atom is -0.497 e. The zero-order valence-electron chi connectivity index (χ0n) is 18.1. The van der Waals surface area contributed by atoms with Crippen molar-refractivity contribution in [1.82, 2.24) is 29.3 Å². The Balaban J connectivity index is 1.82. The van der Waals surface area contributed by atoms with Crippen LogP contribution in [0.5, 0.6) is 5.75 Å². The summed E-state index contributed by atoms with van der Waals surface area (Å²) in [4.78, 5) is 18.5. The van der Waals surface area contributed by atoms with Crippen molar-refractivity contribution in [3.63, 3.8) is 0 Å². The number of rotatable bonds is 5. The average molecular weight is 513 g/mol. The summed E-state index contributed by atoms with van der Waals surface area (Å²) in [6.07, 6.45) is -3.37. The predicted molar refractivity (Wildman–Crippen MR) is 119 cm³/mol. The Bertz CT molecular complexity index is 1380. The summed E-state index contributed by atoms with van der Waals surface area (Å²) in [5.41, 5.74) is -0.900. The largest absolute Gasteiger partial charge is 0.497 e. The van der Waals surface area contributed by atoms with Crippen molar-refractivity contribution in [3.05, 3.63) is 63.7 Å². The number of hydrogen-bond donors (Lipinski definition) is 0. The second-order valence-electron chi connectivity index (χ2n) is 7.38. The smallest absolute Gasteiger partial charge is 0.433 e.